The molecule has 2 N–H and O–H groups in total. The average Bonchev–Trinajstić information content (AvgIpc) is 2.24. The second-order valence-electron chi connectivity index (χ2n) is 4.31. The molecule has 1 aromatic carbocycles. The first-order chi connectivity index (χ1) is 7.50. The minimum Gasteiger partial charge on any atom is -0.328 e. The zero-order chi connectivity index (χ0) is 12.1. The lowest BCUT2D eigenvalue weighted by Crippen LogP contribution is -2.28. The Hall–Kier alpha value is -1.06. The number of amides is 1. The molecule has 0 fully saturated rings. The van der Waals surface area contributed by atoms with E-state index in [9.17, 15) is 4.79 Å². The summed E-state index contributed by atoms with van der Waals surface area (Å²) in [6, 6.07) is 8.00. The number of aryl methyl sites for hydroxylation is 1. The van der Waals surface area contributed by atoms with Gasteiger partial charge in [-0.15, -0.1) is 12.4 Å². The van der Waals surface area contributed by atoms with Crippen molar-refractivity contribution >= 4 is 24.0 Å². The number of benzene rings is 1. The van der Waals surface area contributed by atoms with Crippen LogP contribution in [0.2, 0.25) is 0 Å². The van der Waals surface area contributed by atoms with Crippen LogP contribution in [0.15, 0.2) is 24.3 Å². The molecule has 0 aliphatic carbocycles. The van der Waals surface area contributed by atoms with Crippen LogP contribution in [-0.2, 0) is 4.79 Å². The molecule has 1 aromatic rings. The number of hydrogen-bond acceptors (Lipinski definition) is 2. The summed E-state index contributed by atoms with van der Waals surface area (Å²) < 4.78 is 0. The largest absolute Gasteiger partial charge is 0.328 e. The molecular formula is C13H21ClN2O. The van der Waals surface area contributed by atoms with Crippen molar-refractivity contribution in [1.29, 1.82) is 0 Å². The summed E-state index contributed by atoms with van der Waals surface area (Å²) in [4.78, 5) is 13.5. The van der Waals surface area contributed by atoms with Crippen LogP contribution in [0.1, 0.15) is 25.3 Å². The van der Waals surface area contributed by atoms with Crippen molar-refractivity contribution in [2.45, 2.75) is 32.7 Å². The van der Waals surface area contributed by atoms with Crippen LogP contribution in [0.5, 0.6) is 0 Å². The van der Waals surface area contributed by atoms with Crippen LogP contribution in [0.3, 0.4) is 0 Å². The van der Waals surface area contributed by atoms with E-state index in [-0.39, 0.29) is 24.4 Å². The Balaban J connectivity index is 0.00000256. The number of halogens is 1. The van der Waals surface area contributed by atoms with Gasteiger partial charge in [0.15, 0.2) is 0 Å². The number of rotatable bonds is 4. The van der Waals surface area contributed by atoms with Gasteiger partial charge in [-0.1, -0.05) is 12.1 Å². The first-order valence-corrected chi connectivity index (χ1v) is 5.59. The van der Waals surface area contributed by atoms with Crippen molar-refractivity contribution in [3.63, 3.8) is 0 Å². The molecule has 0 saturated carbocycles. The van der Waals surface area contributed by atoms with Crippen molar-refractivity contribution in [2.24, 2.45) is 5.73 Å². The topological polar surface area (TPSA) is 46.3 Å². The van der Waals surface area contributed by atoms with Gasteiger partial charge < -0.3 is 10.6 Å². The predicted octanol–water partition coefficient (Wildman–Crippen LogP) is 2.51. The van der Waals surface area contributed by atoms with Crippen LogP contribution in [0.4, 0.5) is 5.69 Å². The van der Waals surface area contributed by atoms with Gasteiger partial charge in [0.05, 0.1) is 0 Å². The molecule has 0 radical (unpaired) electrons. The fourth-order valence-electron chi connectivity index (χ4n) is 1.50. The first-order valence-electron chi connectivity index (χ1n) is 5.59. The zero-order valence-corrected chi connectivity index (χ0v) is 11.5. The van der Waals surface area contributed by atoms with Gasteiger partial charge in [0, 0.05) is 25.2 Å². The Kier molecular flexibility index (Phi) is 6.85. The summed E-state index contributed by atoms with van der Waals surface area (Å²) in [6.07, 6.45) is 1.23. The molecule has 0 saturated heterocycles. The zero-order valence-electron chi connectivity index (χ0n) is 10.6. The summed E-state index contributed by atoms with van der Waals surface area (Å²) in [5.74, 6) is 0.114. The van der Waals surface area contributed by atoms with Gasteiger partial charge in [0.2, 0.25) is 5.91 Å². The highest BCUT2D eigenvalue weighted by molar-refractivity contribution is 5.92. The van der Waals surface area contributed by atoms with Crippen LogP contribution < -0.4 is 10.6 Å². The predicted molar refractivity (Wildman–Crippen MR) is 74.7 cm³/mol. The second kappa shape index (κ2) is 7.30. The van der Waals surface area contributed by atoms with E-state index in [0.29, 0.717) is 6.42 Å². The van der Waals surface area contributed by atoms with E-state index in [0.717, 1.165) is 17.7 Å². The van der Waals surface area contributed by atoms with E-state index in [2.05, 4.69) is 0 Å². The summed E-state index contributed by atoms with van der Waals surface area (Å²) in [7, 11) is 1.80. The Morgan fingerprint density at radius 3 is 2.65 bits per heavy atom. The maximum absolute atomic E-state index is 11.8. The van der Waals surface area contributed by atoms with Gasteiger partial charge in [0.25, 0.3) is 0 Å². The van der Waals surface area contributed by atoms with Gasteiger partial charge in [-0.05, 0) is 38.0 Å². The summed E-state index contributed by atoms with van der Waals surface area (Å²) in [6.45, 7) is 3.93. The number of carbonyl (C=O) groups is 1. The van der Waals surface area contributed by atoms with Gasteiger partial charge >= 0.3 is 0 Å². The minimum atomic E-state index is 0. The molecule has 96 valence electrons. The van der Waals surface area contributed by atoms with Gasteiger partial charge in [0.1, 0.15) is 0 Å². The van der Waals surface area contributed by atoms with Gasteiger partial charge in [-0.2, -0.15) is 0 Å². The molecule has 0 bridgehead atoms. The Morgan fingerprint density at radius 1 is 1.47 bits per heavy atom. The third kappa shape index (κ3) is 5.20. The first kappa shape index (κ1) is 15.9. The average molecular weight is 257 g/mol. The quantitative estimate of drug-likeness (QED) is 0.900. The summed E-state index contributed by atoms with van der Waals surface area (Å²) in [5.41, 5.74) is 7.73. The van der Waals surface area contributed by atoms with E-state index in [1.54, 1.807) is 11.9 Å². The smallest absolute Gasteiger partial charge is 0.226 e. The monoisotopic (exact) mass is 256 g/mol. The van der Waals surface area contributed by atoms with Crippen LogP contribution in [0, 0.1) is 6.92 Å². The third-order valence-corrected chi connectivity index (χ3v) is 2.58. The highest BCUT2D eigenvalue weighted by Gasteiger charge is 2.11. The van der Waals surface area contributed by atoms with E-state index in [1.807, 2.05) is 38.1 Å². The lowest BCUT2D eigenvalue weighted by Gasteiger charge is -2.18. The molecule has 0 spiro atoms. The van der Waals surface area contributed by atoms with E-state index < -0.39 is 0 Å². The Labute approximate surface area is 109 Å². The van der Waals surface area contributed by atoms with Crippen LogP contribution in [0.25, 0.3) is 0 Å². The normalized spacial score (nSPS) is 11.5. The number of hydrogen-bond donors (Lipinski definition) is 1. The van der Waals surface area contributed by atoms with Gasteiger partial charge in [-0.3, -0.25) is 4.79 Å². The number of nitrogens with two attached hydrogens (primary N) is 1. The van der Waals surface area contributed by atoms with Crippen molar-refractivity contribution in [1.82, 2.24) is 0 Å². The molecule has 0 aliphatic heterocycles. The highest BCUT2D eigenvalue weighted by atomic mass is 35.5. The highest BCUT2D eigenvalue weighted by Crippen LogP contribution is 2.15. The van der Waals surface area contributed by atoms with E-state index >= 15 is 0 Å². The molecule has 17 heavy (non-hydrogen) atoms. The number of carbonyl (C=O) groups excluding carboxylic acids is 1. The third-order valence-electron chi connectivity index (χ3n) is 2.58. The standard InChI is InChI=1S/C13H20N2O.ClH/c1-10-5-4-6-12(9-10)15(3)13(16)8-7-11(2)14;/h4-6,9,11H,7-8,14H2,1-3H3;1H. The lowest BCUT2D eigenvalue weighted by molar-refractivity contribution is -0.118. The molecule has 1 amide bonds. The van der Waals surface area contributed by atoms with Crippen molar-refractivity contribution in [3.05, 3.63) is 29.8 Å². The maximum atomic E-state index is 11.8. The van der Waals surface area contributed by atoms with Crippen molar-refractivity contribution in [2.75, 3.05) is 11.9 Å². The van der Waals surface area contributed by atoms with Crippen LogP contribution in [-0.4, -0.2) is 19.0 Å². The lowest BCUT2D eigenvalue weighted by atomic mass is 10.1. The molecule has 0 aromatic heterocycles. The Morgan fingerprint density at radius 2 is 2.12 bits per heavy atom. The molecule has 3 nitrogen and oxygen atoms in total. The molecule has 1 unspecified atom stereocenters. The molecular weight excluding hydrogens is 236 g/mol. The molecule has 1 atom stereocenters. The number of anilines is 1. The summed E-state index contributed by atoms with van der Waals surface area (Å²) >= 11 is 0. The van der Waals surface area contributed by atoms with E-state index in [1.165, 1.54) is 0 Å². The van der Waals surface area contributed by atoms with Crippen molar-refractivity contribution < 1.29 is 4.79 Å². The van der Waals surface area contributed by atoms with Gasteiger partial charge in [-0.25, -0.2) is 0 Å². The SMILES string of the molecule is Cc1cccc(N(C)C(=O)CCC(C)N)c1.Cl. The maximum Gasteiger partial charge on any atom is 0.226 e. The summed E-state index contributed by atoms with van der Waals surface area (Å²) in [5, 5.41) is 0. The van der Waals surface area contributed by atoms with Crippen molar-refractivity contribution in [3.8, 4) is 0 Å². The Bertz CT molecular complexity index is 366. The fraction of sp³-hybridized carbons (Fsp3) is 0.462. The molecule has 1 rings (SSSR count). The van der Waals surface area contributed by atoms with E-state index in [4.69, 9.17) is 5.73 Å². The molecule has 4 heteroatoms. The second-order valence-corrected chi connectivity index (χ2v) is 4.31. The minimum absolute atomic E-state index is 0. The molecule has 0 aliphatic rings. The molecule has 0 heterocycles. The number of nitrogens with zero attached hydrogens (tertiary/aromatic N) is 1. The fourth-order valence-corrected chi connectivity index (χ4v) is 1.50. The van der Waals surface area contributed by atoms with Crippen LogP contribution >= 0.6 is 12.4 Å².